The van der Waals surface area contributed by atoms with E-state index in [1.54, 1.807) is 0 Å². The zero-order chi connectivity index (χ0) is 4.12. The third-order valence-electron chi connectivity index (χ3n) is 0.162. The molecule has 0 spiro atoms. The maximum atomic E-state index is 10.8. The maximum Gasteiger partial charge on any atom is 0.161 e. The number of rotatable bonds is 2. The molecule has 1 nitrogen and oxygen atoms in total. The number of halogens is 1. The molecule has 0 aromatic rings. The van der Waals surface area contributed by atoms with Gasteiger partial charge in [-0.25, -0.2) is 4.39 Å². The van der Waals surface area contributed by atoms with Crippen molar-refractivity contribution in [2.24, 2.45) is 0 Å². The smallest absolute Gasteiger partial charge is 0.161 e. The summed E-state index contributed by atoms with van der Waals surface area (Å²) in [7, 11) is 1.43. The number of alkyl halides is 1. The minimum atomic E-state index is -0.462. The van der Waals surface area contributed by atoms with Gasteiger partial charge < -0.3 is 4.18 Å². The van der Waals surface area contributed by atoms with Crippen LogP contribution in [0.15, 0.2) is 0 Å². The van der Waals surface area contributed by atoms with Crippen molar-refractivity contribution in [3.05, 3.63) is 0 Å². The molecule has 0 amide bonds. The van der Waals surface area contributed by atoms with E-state index in [-0.39, 0.29) is 0 Å². The van der Waals surface area contributed by atoms with Gasteiger partial charge in [0.15, 0.2) is 6.01 Å². The highest BCUT2D eigenvalue weighted by Crippen LogP contribution is 1.96. The van der Waals surface area contributed by atoms with E-state index in [9.17, 15) is 4.39 Å². The Morgan fingerprint density at radius 2 is 2.60 bits per heavy atom. The van der Waals surface area contributed by atoms with Gasteiger partial charge in [0.2, 0.25) is 0 Å². The van der Waals surface area contributed by atoms with E-state index >= 15 is 0 Å². The van der Waals surface area contributed by atoms with Gasteiger partial charge in [0.1, 0.15) is 0 Å². The van der Waals surface area contributed by atoms with Crippen LogP contribution in [-0.2, 0) is 4.18 Å². The second kappa shape index (κ2) is 4.24. The summed E-state index contributed by atoms with van der Waals surface area (Å²) in [5.41, 5.74) is 0. The molecule has 0 saturated carbocycles. The predicted molar refractivity (Wildman–Crippen MR) is 20.6 cm³/mol. The maximum absolute atomic E-state index is 10.8. The fourth-order valence-electron chi connectivity index (χ4n) is 0.0445. The molecule has 0 saturated heterocycles. The van der Waals surface area contributed by atoms with Gasteiger partial charge in [-0.15, -0.1) is 0 Å². The topological polar surface area (TPSA) is 9.23 Å². The van der Waals surface area contributed by atoms with Crippen LogP contribution < -0.4 is 0 Å². The van der Waals surface area contributed by atoms with Crippen molar-refractivity contribution in [1.82, 2.24) is 0 Å². The van der Waals surface area contributed by atoms with E-state index < -0.39 is 6.01 Å². The SMILES string of the molecule is COSCF. The molecule has 0 N–H and O–H groups in total. The fraction of sp³-hybridized carbons (Fsp3) is 1.00. The predicted octanol–water partition coefficient (Wildman–Crippen LogP) is 1.21. The Labute approximate surface area is 34.7 Å². The first kappa shape index (κ1) is 5.24. The van der Waals surface area contributed by atoms with E-state index in [4.69, 9.17) is 0 Å². The average Bonchev–Trinajstić information content (AvgIpc) is 1.41. The van der Waals surface area contributed by atoms with Crippen LogP contribution in [0.3, 0.4) is 0 Å². The van der Waals surface area contributed by atoms with Gasteiger partial charge in [-0.05, 0) is 0 Å². The van der Waals surface area contributed by atoms with Gasteiger partial charge in [0, 0.05) is 12.0 Å². The molecule has 0 radical (unpaired) electrons. The fourth-order valence-corrected chi connectivity index (χ4v) is 0.134. The van der Waals surface area contributed by atoms with Gasteiger partial charge >= 0.3 is 0 Å². The minimum Gasteiger partial charge on any atom is -0.316 e. The van der Waals surface area contributed by atoms with Gasteiger partial charge in [-0.3, -0.25) is 0 Å². The summed E-state index contributed by atoms with van der Waals surface area (Å²) < 4.78 is 15.1. The van der Waals surface area contributed by atoms with E-state index in [2.05, 4.69) is 4.18 Å². The summed E-state index contributed by atoms with van der Waals surface area (Å²) >= 11 is 0.796. The molecule has 32 valence electrons. The summed E-state index contributed by atoms with van der Waals surface area (Å²) in [4.78, 5) is 0. The Morgan fingerprint density at radius 1 is 2.00 bits per heavy atom. The third kappa shape index (κ3) is 4.24. The molecular formula is C2H5FOS. The highest BCUT2D eigenvalue weighted by molar-refractivity contribution is 7.94. The monoisotopic (exact) mass is 96.0 g/mol. The zero-order valence-corrected chi connectivity index (χ0v) is 3.72. The molecule has 0 aliphatic rings. The third-order valence-corrected chi connectivity index (χ3v) is 0.487. The van der Waals surface area contributed by atoms with Crippen LogP contribution in [0.5, 0.6) is 0 Å². The summed E-state index contributed by atoms with van der Waals surface area (Å²) in [5.74, 6) is 0. The van der Waals surface area contributed by atoms with Crippen LogP contribution in [0.25, 0.3) is 0 Å². The quantitative estimate of drug-likeness (QED) is 0.478. The molecule has 0 aliphatic carbocycles. The van der Waals surface area contributed by atoms with Crippen LogP contribution in [-0.4, -0.2) is 13.1 Å². The van der Waals surface area contributed by atoms with Crippen molar-refractivity contribution in [3.8, 4) is 0 Å². The van der Waals surface area contributed by atoms with Gasteiger partial charge in [-0.2, -0.15) is 0 Å². The largest absolute Gasteiger partial charge is 0.316 e. The van der Waals surface area contributed by atoms with E-state index in [1.807, 2.05) is 0 Å². The lowest BCUT2D eigenvalue weighted by molar-refractivity contribution is 0.472. The van der Waals surface area contributed by atoms with Crippen molar-refractivity contribution >= 4 is 12.0 Å². The first-order valence-electron chi connectivity index (χ1n) is 1.13. The molecule has 0 fully saturated rings. The molecule has 0 aromatic carbocycles. The van der Waals surface area contributed by atoms with Gasteiger partial charge in [-0.1, -0.05) is 0 Å². The standard InChI is InChI=1S/C2H5FOS/c1-4-5-2-3/h2H2,1H3. The molecule has 3 heteroatoms. The highest BCUT2D eigenvalue weighted by Gasteiger charge is 1.71. The first-order valence-corrected chi connectivity index (χ1v) is 2.04. The lowest BCUT2D eigenvalue weighted by Gasteiger charge is -1.80. The summed E-state index contributed by atoms with van der Waals surface area (Å²) in [5, 5.41) is 0. The van der Waals surface area contributed by atoms with E-state index in [0.717, 1.165) is 12.0 Å². The molecule has 5 heavy (non-hydrogen) atoms. The zero-order valence-electron chi connectivity index (χ0n) is 2.90. The molecule has 0 aliphatic heterocycles. The van der Waals surface area contributed by atoms with Crippen LogP contribution in [0.2, 0.25) is 0 Å². The Hall–Kier alpha value is 0.240. The number of hydrogen-bond donors (Lipinski definition) is 0. The lowest BCUT2D eigenvalue weighted by Crippen LogP contribution is -1.62. The first-order chi connectivity index (χ1) is 2.41. The molecule has 0 bridgehead atoms. The minimum absolute atomic E-state index is 0.462. The van der Waals surface area contributed by atoms with Crippen LogP contribution >= 0.6 is 12.0 Å². The second-order valence-corrected chi connectivity index (χ2v) is 1.18. The van der Waals surface area contributed by atoms with E-state index in [0.29, 0.717) is 0 Å². The molecular weight excluding hydrogens is 91.1 g/mol. The highest BCUT2D eigenvalue weighted by atomic mass is 32.2. The van der Waals surface area contributed by atoms with Crippen molar-refractivity contribution in [3.63, 3.8) is 0 Å². The molecule has 0 heterocycles. The average molecular weight is 96.1 g/mol. The Kier molecular flexibility index (Phi) is 4.44. The van der Waals surface area contributed by atoms with Crippen LogP contribution in [0.4, 0.5) is 4.39 Å². The summed E-state index contributed by atoms with van der Waals surface area (Å²) in [6.45, 7) is 0. The Morgan fingerprint density at radius 3 is 2.60 bits per heavy atom. The molecule has 0 unspecified atom stereocenters. The Bertz CT molecular complexity index is 17.1. The number of hydrogen-bond acceptors (Lipinski definition) is 2. The van der Waals surface area contributed by atoms with Crippen molar-refractivity contribution < 1.29 is 8.57 Å². The molecule has 0 rings (SSSR count). The van der Waals surface area contributed by atoms with Crippen LogP contribution in [0.1, 0.15) is 0 Å². The van der Waals surface area contributed by atoms with Gasteiger partial charge in [0.05, 0.1) is 7.11 Å². The van der Waals surface area contributed by atoms with Crippen LogP contribution in [0, 0.1) is 0 Å². The summed E-state index contributed by atoms with van der Waals surface area (Å²) in [6, 6.07) is -0.462. The van der Waals surface area contributed by atoms with Gasteiger partial charge in [0.25, 0.3) is 0 Å². The lowest BCUT2D eigenvalue weighted by atomic mass is 11.8. The summed E-state index contributed by atoms with van der Waals surface area (Å²) in [6.07, 6.45) is 0. The van der Waals surface area contributed by atoms with E-state index in [1.165, 1.54) is 7.11 Å². The second-order valence-electron chi connectivity index (χ2n) is 0.394. The van der Waals surface area contributed by atoms with Crippen molar-refractivity contribution in [1.29, 1.82) is 0 Å². The molecule has 0 aromatic heterocycles. The van der Waals surface area contributed by atoms with Crippen molar-refractivity contribution in [2.45, 2.75) is 0 Å². The normalized spacial score (nSPS) is 8.40. The molecule has 0 atom stereocenters. The Balaban J connectivity index is 2.19. The van der Waals surface area contributed by atoms with Crippen molar-refractivity contribution in [2.75, 3.05) is 13.1 Å².